The fourth-order valence-electron chi connectivity index (χ4n) is 3.53. The molecule has 1 heterocycles. The van der Waals surface area contributed by atoms with E-state index < -0.39 is 23.7 Å². The topological polar surface area (TPSA) is 68.6 Å². The first-order valence-corrected chi connectivity index (χ1v) is 9.70. The van der Waals surface area contributed by atoms with Gasteiger partial charge in [-0.1, -0.05) is 18.2 Å². The second-order valence-electron chi connectivity index (χ2n) is 6.98. The Morgan fingerprint density at radius 1 is 1.27 bits per heavy atom. The Balaban J connectivity index is 2.47. The van der Waals surface area contributed by atoms with Crippen molar-refractivity contribution in [3.63, 3.8) is 0 Å². The number of halogens is 1. The maximum Gasteiger partial charge on any atom is 0.355 e. The molecule has 0 aliphatic carbocycles. The van der Waals surface area contributed by atoms with Crippen molar-refractivity contribution in [2.45, 2.75) is 33.7 Å². The lowest BCUT2D eigenvalue weighted by molar-refractivity contribution is 0.0513. The summed E-state index contributed by atoms with van der Waals surface area (Å²) in [5.41, 5.74) is 1.60. The van der Waals surface area contributed by atoms with Gasteiger partial charge in [-0.2, -0.15) is 0 Å². The van der Waals surface area contributed by atoms with Crippen LogP contribution in [0.25, 0.3) is 0 Å². The van der Waals surface area contributed by atoms with Crippen molar-refractivity contribution in [2.75, 3.05) is 13.2 Å². The Hall–Kier alpha value is -3.22. The molecule has 0 saturated heterocycles. The van der Waals surface area contributed by atoms with Crippen LogP contribution in [0.2, 0.25) is 0 Å². The minimum absolute atomic E-state index is 0.0652. The predicted molar refractivity (Wildman–Crippen MR) is 112 cm³/mol. The molecule has 1 aromatic heterocycles. The standard InChI is InChI=1S/C23H27FN2O4/c1-7-13-26(22(28)17-11-9-10-12-18(17)24)16(5)21(27)19-14(3)20(23(29)30-8-2)25(6)15(19)4/h7,9-12,16H,1,8,13H2,2-6H3/t16-/m0/s1. The predicted octanol–water partition coefficient (Wildman–Crippen LogP) is 3.86. The molecule has 1 aromatic carbocycles. The number of carbonyl (C=O) groups excluding carboxylic acids is 3. The van der Waals surface area contributed by atoms with E-state index in [9.17, 15) is 18.8 Å². The van der Waals surface area contributed by atoms with Crippen LogP contribution in [-0.2, 0) is 11.8 Å². The number of benzene rings is 1. The number of hydrogen-bond donors (Lipinski definition) is 0. The summed E-state index contributed by atoms with van der Waals surface area (Å²) in [5.74, 6) is -2.13. The first-order valence-electron chi connectivity index (χ1n) is 9.70. The number of hydrogen-bond acceptors (Lipinski definition) is 4. The zero-order valence-electron chi connectivity index (χ0n) is 18.0. The quantitative estimate of drug-likeness (QED) is 0.374. The molecule has 30 heavy (non-hydrogen) atoms. The van der Waals surface area contributed by atoms with Gasteiger partial charge >= 0.3 is 5.97 Å². The summed E-state index contributed by atoms with van der Waals surface area (Å²) in [5, 5.41) is 0. The third-order valence-corrected chi connectivity index (χ3v) is 5.18. The fourth-order valence-corrected chi connectivity index (χ4v) is 3.53. The van der Waals surface area contributed by atoms with Gasteiger partial charge in [0.15, 0.2) is 5.78 Å². The number of Topliss-reactive ketones (excluding diaryl/α,β-unsaturated/α-hetero) is 1. The van der Waals surface area contributed by atoms with E-state index in [4.69, 9.17) is 4.74 Å². The van der Waals surface area contributed by atoms with Gasteiger partial charge in [-0.15, -0.1) is 6.58 Å². The number of carbonyl (C=O) groups is 3. The maximum atomic E-state index is 14.2. The van der Waals surface area contributed by atoms with E-state index >= 15 is 0 Å². The average Bonchev–Trinajstić information content (AvgIpc) is 2.93. The van der Waals surface area contributed by atoms with Crippen LogP contribution >= 0.6 is 0 Å². The van der Waals surface area contributed by atoms with Crippen molar-refractivity contribution in [2.24, 2.45) is 7.05 Å². The highest BCUT2D eigenvalue weighted by molar-refractivity contribution is 6.07. The molecule has 0 aliphatic heterocycles. The number of ketones is 1. The van der Waals surface area contributed by atoms with Gasteiger partial charge in [0.25, 0.3) is 5.91 Å². The van der Waals surface area contributed by atoms with Crippen LogP contribution in [0.4, 0.5) is 4.39 Å². The van der Waals surface area contributed by atoms with Gasteiger partial charge in [-0.05, 0) is 45.4 Å². The minimum atomic E-state index is -0.898. The van der Waals surface area contributed by atoms with E-state index in [2.05, 4.69) is 6.58 Å². The normalized spacial score (nSPS) is 11.7. The number of rotatable bonds is 8. The van der Waals surface area contributed by atoms with Crippen LogP contribution in [0, 0.1) is 19.7 Å². The number of ether oxygens (including phenoxy) is 1. The van der Waals surface area contributed by atoms with Gasteiger partial charge < -0.3 is 14.2 Å². The largest absolute Gasteiger partial charge is 0.461 e. The lowest BCUT2D eigenvalue weighted by atomic mass is 9.99. The van der Waals surface area contributed by atoms with E-state index in [1.807, 2.05) is 0 Å². The highest BCUT2D eigenvalue weighted by Crippen LogP contribution is 2.25. The molecular weight excluding hydrogens is 387 g/mol. The molecule has 7 heteroatoms. The van der Waals surface area contributed by atoms with Crippen LogP contribution in [0.1, 0.15) is 56.3 Å². The van der Waals surface area contributed by atoms with Crippen LogP contribution in [-0.4, -0.2) is 46.3 Å². The molecule has 1 atom stereocenters. The van der Waals surface area contributed by atoms with Gasteiger partial charge in [-0.25, -0.2) is 9.18 Å². The Morgan fingerprint density at radius 3 is 2.47 bits per heavy atom. The third kappa shape index (κ3) is 4.20. The monoisotopic (exact) mass is 414 g/mol. The Morgan fingerprint density at radius 2 is 1.90 bits per heavy atom. The van der Waals surface area contributed by atoms with Crippen molar-refractivity contribution in [3.05, 3.63) is 70.8 Å². The van der Waals surface area contributed by atoms with Gasteiger partial charge in [0, 0.05) is 24.8 Å². The van der Waals surface area contributed by atoms with Gasteiger partial charge in [-0.3, -0.25) is 9.59 Å². The minimum Gasteiger partial charge on any atom is -0.461 e. The Bertz CT molecular complexity index is 993. The highest BCUT2D eigenvalue weighted by Gasteiger charge is 2.33. The second-order valence-corrected chi connectivity index (χ2v) is 6.98. The number of esters is 1. The molecule has 1 amide bonds. The lowest BCUT2D eigenvalue weighted by Gasteiger charge is -2.27. The molecule has 2 rings (SSSR count). The van der Waals surface area contributed by atoms with Crippen LogP contribution < -0.4 is 0 Å². The third-order valence-electron chi connectivity index (χ3n) is 5.18. The summed E-state index contributed by atoms with van der Waals surface area (Å²) in [4.78, 5) is 40.0. The zero-order valence-corrected chi connectivity index (χ0v) is 18.0. The van der Waals surface area contributed by atoms with E-state index in [1.54, 1.807) is 45.4 Å². The van der Waals surface area contributed by atoms with E-state index in [0.29, 0.717) is 22.5 Å². The summed E-state index contributed by atoms with van der Waals surface area (Å²) in [6, 6.07) is 4.73. The maximum absolute atomic E-state index is 14.2. The molecule has 0 saturated carbocycles. The SMILES string of the molecule is C=CCN(C(=O)c1ccccc1F)[C@@H](C)C(=O)c1c(C)c(C(=O)OCC)n(C)c1C. The van der Waals surface area contributed by atoms with Crippen LogP contribution in [0.5, 0.6) is 0 Å². The number of aromatic nitrogens is 1. The van der Waals surface area contributed by atoms with E-state index in [0.717, 1.165) is 0 Å². The lowest BCUT2D eigenvalue weighted by Crippen LogP contribution is -2.44. The molecule has 6 nitrogen and oxygen atoms in total. The summed E-state index contributed by atoms with van der Waals surface area (Å²) in [6.07, 6.45) is 1.48. The molecule has 2 aromatic rings. The first kappa shape index (κ1) is 23.1. The summed E-state index contributed by atoms with van der Waals surface area (Å²) in [6.45, 7) is 10.6. The van der Waals surface area contributed by atoms with Gasteiger partial charge in [0.1, 0.15) is 11.5 Å². The van der Waals surface area contributed by atoms with Crippen LogP contribution in [0.3, 0.4) is 0 Å². The molecule has 0 bridgehead atoms. The molecule has 0 unspecified atom stereocenters. The molecule has 0 fully saturated rings. The molecule has 0 spiro atoms. The zero-order chi connectivity index (χ0) is 22.6. The summed E-state index contributed by atoms with van der Waals surface area (Å²) < 4.78 is 20.9. The van der Waals surface area contributed by atoms with E-state index in [-0.39, 0.29) is 24.5 Å². The smallest absolute Gasteiger partial charge is 0.355 e. The van der Waals surface area contributed by atoms with Crippen molar-refractivity contribution in [1.82, 2.24) is 9.47 Å². The molecule has 160 valence electrons. The molecular formula is C23H27FN2O4. The number of amides is 1. The van der Waals surface area contributed by atoms with E-state index in [1.165, 1.54) is 29.2 Å². The average molecular weight is 414 g/mol. The molecule has 0 N–H and O–H groups in total. The highest BCUT2D eigenvalue weighted by atomic mass is 19.1. The van der Waals surface area contributed by atoms with Crippen molar-refractivity contribution in [3.8, 4) is 0 Å². The number of nitrogens with zero attached hydrogens (tertiary/aromatic N) is 2. The fraction of sp³-hybridized carbons (Fsp3) is 0.348. The first-order chi connectivity index (χ1) is 14.2. The van der Waals surface area contributed by atoms with Crippen molar-refractivity contribution in [1.29, 1.82) is 0 Å². The second kappa shape index (κ2) is 9.52. The van der Waals surface area contributed by atoms with Crippen molar-refractivity contribution < 1.29 is 23.5 Å². The van der Waals surface area contributed by atoms with Gasteiger partial charge in [0.05, 0.1) is 18.2 Å². The molecule has 0 radical (unpaired) electrons. The Labute approximate surface area is 175 Å². The van der Waals surface area contributed by atoms with Gasteiger partial charge in [0.2, 0.25) is 0 Å². The summed E-state index contributed by atoms with van der Waals surface area (Å²) in [7, 11) is 1.68. The molecule has 0 aliphatic rings. The Kier molecular flexibility index (Phi) is 7.32. The summed E-state index contributed by atoms with van der Waals surface area (Å²) >= 11 is 0. The van der Waals surface area contributed by atoms with Crippen LogP contribution in [0.15, 0.2) is 36.9 Å². The van der Waals surface area contributed by atoms with Crippen molar-refractivity contribution >= 4 is 17.7 Å².